The Labute approximate surface area is 196 Å². The summed E-state index contributed by atoms with van der Waals surface area (Å²) in [5, 5.41) is 15.5. The standard InChI is InChI=1S/C23H19BrN4O3S/c1-13(29)25-11-10-17-16-4-2-3-5-19(16)26-20(17)12-18-21(30)27-23(32)28(22(18)31)15-8-6-14(24)7-9-15/h2-9,12,31H,10-11H2,1H3,(H,25,29)(H,27,30,32). The summed E-state index contributed by atoms with van der Waals surface area (Å²) >= 11 is 8.68. The minimum absolute atomic E-state index is 0.0464. The Morgan fingerprint density at radius 1 is 1.25 bits per heavy atom. The second kappa shape index (κ2) is 9.05. The Balaban J connectivity index is 1.86. The lowest BCUT2D eigenvalue weighted by atomic mass is 10.1. The number of aromatic hydroxyl groups is 1. The number of fused-ring (bicyclic) bond motifs is 1. The molecule has 0 aliphatic carbocycles. The number of nitrogens with zero attached hydrogens (tertiary/aromatic N) is 2. The SMILES string of the molecule is CC(=O)NCCC1=c2ccccc2=NC1=Cc1c(O)n(-c2ccc(Br)cc2)c(=S)[nH]c1=O. The number of halogens is 1. The van der Waals surface area contributed by atoms with E-state index in [9.17, 15) is 14.7 Å². The predicted octanol–water partition coefficient (Wildman–Crippen LogP) is 2.71. The molecular formula is C23H19BrN4O3S. The highest BCUT2D eigenvalue weighted by molar-refractivity contribution is 9.10. The van der Waals surface area contributed by atoms with Gasteiger partial charge in [-0.15, -0.1) is 0 Å². The molecule has 1 aliphatic heterocycles. The number of hydrogen-bond acceptors (Lipinski definition) is 5. The van der Waals surface area contributed by atoms with Crippen molar-refractivity contribution in [3.05, 3.63) is 90.0 Å². The molecule has 4 rings (SSSR count). The number of nitrogens with one attached hydrogen (secondary N) is 2. The summed E-state index contributed by atoms with van der Waals surface area (Å²) in [7, 11) is 0. The van der Waals surface area contributed by atoms with Crippen LogP contribution in [-0.2, 0) is 4.79 Å². The van der Waals surface area contributed by atoms with E-state index in [1.807, 2.05) is 36.4 Å². The van der Waals surface area contributed by atoms with Crippen LogP contribution in [0.2, 0.25) is 0 Å². The molecule has 0 saturated carbocycles. The molecule has 32 heavy (non-hydrogen) atoms. The van der Waals surface area contributed by atoms with Crippen molar-refractivity contribution in [1.29, 1.82) is 0 Å². The topological polar surface area (TPSA) is 99.5 Å². The number of hydrogen-bond donors (Lipinski definition) is 3. The molecule has 0 fully saturated rings. The molecule has 0 radical (unpaired) electrons. The van der Waals surface area contributed by atoms with Gasteiger partial charge in [0.15, 0.2) is 4.77 Å². The van der Waals surface area contributed by atoms with Crippen LogP contribution in [0.1, 0.15) is 18.9 Å². The first-order valence-electron chi connectivity index (χ1n) is 9.83. The summed E-state index contributed by atoms with van der Waals surface area (Å²) in [4.78, 5) is 31.3. The highest BCUT2D eigenvalue weighted by Gasteiger charge is 2.17. The maximum atomic E-state index is 12.7. The van der Waals surface area contributed by atoms with Gasteiger partial charge in [-0.25, -0.2) is 4.99 Å². The lowest BCUT2D eigenvalue weighted by molar-refractivity contribution is -0.118. The Bertz CT molecular complexity index is 1490. The molecule has 0 spiro atoms. The molecular weight excluding hydrogens is 492 g/mol. The van der Waals surface area contributed by atoms with E-state index in [1.165, 1.54) is 11.5 Å². The number of rotatable bonds is 5. The van der Waals surface area contributed by atoms with E-state index in [0.717, 1.165) is 20.6 Å². The van der Waals surface area contributed by atoms with E-state index in [4.69, 9.17) is 12.2 Å². The van der Waals surface area contributed by atoms with Crippen molar-refractivity contribution < 1.29 is 9.90 Å². The number of para-hydroxylation sites is 1. The summed E-state index contributed by atoms with van der Waals surface area (Å²) < 4.78 is 2.35. The van der Waals surface area contributed by atoms with Gasteiger partial charge in [0.25, 0.3) is 5.56 Å². The Morgan fingerprint density at radius 3 is 2.69 bits per heavy atom. The first-order valence-corrected chi connectivity index (χ1v) is 11.0. The highest BCUT2D eigenvalue weighted by atomic mass is 79.9. The zero-order chi connectivity index (χ0) is 22.8. The smallest absolute Gasteiger partial charge is 0.262 e. The van der Waals surface area contributed by atoms with Gasteiger partial charge in [-0.05, 0) is 60.6 Å². The number of allylic oxidation sites excluding steroid dienone is 1. The van der Waals surface area contributed by atoms with Gasteiger partial charge in [-0.2, -0.15) is 0 Å². The quantitative estimate of drug-likeness (QED) is 0.459. The fourth-order valence-corrected chi connectivity index (χ4v) is 4.09. The van der Waals surface area contributed by atoms with Crippen LogP contribution >= 0.6 is 28.1 Å². The lowest BCUT2D eigenvalue weighted by Crippen LogP contribution is -2.25. The number of amides is 1. The van der Waals surface area contributed by atoms with E-state index >= 15 is 0 Å². The summed E-state index contributed by atoms with van der Waals surface area (Å²) in [6, 6.07) is 14.8. The fourth-order valence-electron chi connectivity index (χ4n) is 3.54. The first kappa shape index (κ1) is 21.9. The molecule has 0 unspecified atom stereocenters. The van der Waals surface area contributed by atoms with Gasteiger partial charge in [-0.3, -0.25) is 19.1 Å². The van der Waals surface area contributed by atoms with Crippen molar-refractivity contribution in [2.24, 2.45) is 4.99 Å². The van der Waals surface area contributed by atoms with Crippen molar-refractivity contribution in [2.45, 2.75) is 13.3 Å². The van der Waals surface area contributed by atoms with Crippen LogP contribution in [-0.4, -0.2) is 27.1 Å². The number of carbonyl (C=O) groups excluding carboxylic acids is 1. The van der Waals surface area contributed by atoms with Gasteiger partial charge < -0.3 is 10.4 Å². The maximum absolute atomic E-state index is 12.7. The molecule has 3 N–H and O–H groups in total. The van der Waals surface area contributed by atoms with Gasteiger partial charge in [0.05, 0.1) is 16.7 Å². The van der Waals surface area contributed by atoms with Gasteiger partial charge in [0, 0.05) is 23.2 Å². The van der Waals surface area contributed by atoms with Crippen molar-refractivity contribution >= 4 is 45.7 Å². The Hall–Kier alpha value is -3.30. The first-order chi connectivity index (χ1) is 15.3. The van der Waals surface area contributed by atoms with Gasteiger partial charge in [0.2, 0.25) is 11.8 Å². The third-order valence-corrected chi connectivity index (χ3v) is 5.83. The summed E-state index contributed by atoms with van der Waals surface area (Å²) in [6.45, 7) is 1.89. The molecule has 2 heterocycles. The van der Waals surface area contributed by atoms with Crippen LogP contribution in [0.5, 0.6) is 5.88 Å². The number of H-pyrrole nitrogens is 1. The number of benzene rings is 2. The number of aromatic amines is 1. The van der Waals surface area contributed by atoms with E-state index < -0.39 is 5.56 Å². The Morgan fingerprint density at radius 2 is 1.97 bits per heavy atom. The van der Waals surface area contributed by atoms with Crippen LogP contribution < -0.4 is 21.5 Å². The molecule has 0 bridgehead atoms. The molecule has 2 aromatic carbocycles. The highest BCUT2D eigenvalue weighted by Crippen LogP contribution is 2.26. The minimum atomic E-state index is -0.513. The van der Waals surface area contributed by atoms with E-state index in [-0.39, 0.29) is 22.1 Å². The van der Waals surface area contributed by atoms with Crippen LogP contribution in [0, 0.1) is 4.77 Å². The van der Waals surface area contributed by atoms with E-state index in [2.05, 4.69) is 31.2 Å². The summed E-state index contributed by atoms with van der Waals surface area (Å²) in [5.41, 5.74) is 1.57. The Kier molecular flexibility index (Phi) is 6.20. The number of aromatic nitrogens is 2. The van der Waals surface area contributed by atoms with Gasteiger partial charge >= 0.3 is 0 Å². The van der Waals surface area contributed by atoms with Crippen molar-refractivity contribution in [1.82, 2.24) is 14.9 Å². The van der Waals surface area contributed by atoms with Crippen molar-refractivity contribution in [3.8, 4) is 11.6 Å². The van der Waals surface area contributed by atoms with Crippen LogP contribution in [0.3, 0.4) is 0 Å². The molecule has 1 aromatic heterocycles. The van der Waals surface area contributed by atoms with E-state index in [0.29, 0.717) is 24.4 Å². The number of carbonyl (C=O) groups is 1. The largest absolute Gasteiger partial charge is 0.494 e. The van der Waals surface area contributed by atoms with Gasteiger partial charge in [0.1, 0.15) is 5.56 Å². The molecule has 7 nitrogen and oxygen atoms in total. The fraction of sp³-hybridized carbons (Fsp3) is 0.130. The summed E-state index contributed by atoms with van der Waals surface area (Å²) in [6.07, 6.45) is 2.08. The van der Waals surface area contributed by atoms with Crippen LogP contribution in [0.15, 0.2) is 68.5 Å². The monoisotopic (exact) mass is 510 g/mol. The second-order valence-electron chi connectivity index (χ2n) is 7.18. The predicted molar refractivity (Wildman–Crippen MR) is 128 cm³/mol. The zero-order valence-electron chi connectivity index (χ0n) is 17.1. The molecule has 9 heteroatoms. The normalized spacial score (nSPS) is 13.7. The molecule has 3 aromatic rings. The van der Waals surface area contributed by atoms with E-state index in [1.54, 1.807) is 18.2 Å². The lowest BCUT2D eigenvalue weighted by Gasteiger charge is -2.12. The molecule has 1 amide bonds. The van der Waals surface area contributed by atoms with Crippen LogP contribution in [0.25, 0.3) is 17.3 Å². The average Bonchev–Trinajstić information content (AvgIpc) is 3.09. The molecule has 162 valence electrons. The van der Waals surface area contributed by atoms with Crippen molar-refractivity contribution in [3.63, 3.8) is 0 Å². The molecule has 0 saturated heterocycles. The summed E-state index contributed by atoms with van der Waals surface area (Å²) in [5.74, 6) is -0.397. The third-order valence-electron chi connectivity index (χ3n) is 5.01. The average molecular weight is 511 g/mol. The maximum Gasteiger partial charge on any atom is 0.262 e. The zero-order valence-corrected chi connectivity index (χ0v) is 19.5. The van der Waals surface area contributed by atoms with Gasteiger partial charge in [-0.1, -0.05) is 34.1 Å². The minimum Gasteiger partial charge on any atom is -0.494 e. The van der Waals surface area contributed by atoms with Crippen molar-refractivity contribution in [2.75, 3.05) is 6.54 Å². The molecule has 1 aliphatic rings. The third kappa shape index (κ3) is 4.35. The second-order valence-corrected chi connectivity index (χ2v) is 8.48. The van der Waals surface area contributed by atoms with Crippen LogP contribution in [0.4, 0.5) is 0 Å². The molecule has 0 atom stereocenters.